The van der Waals surface area contributed by atoms with Crippen molar-refractivity contribution in [3.05, 3.63) is 59.2 Å². The molecule has 0 amide bonds. The zero-order valence-electron chi connectivity index (χ0n) is 12.3. The van der Waals surface area contributed by atoms with Gasteiger partial charge in [0.25, 0.3) is 0 Å². The van der Waals surface area contributed by atoms with Gasteiger partial charge in [-0.15, -0.1) is 11.8 Å². The van der Waals surface area contributed by atoms with Crippen LogP contribution in [0.5, 0.6) is 0 Å². The van der Waals surface area contributed by atoms with E-state index in [-0.39, 0.29) is 12.1 Å². The Hall–Kier alpha value is -1.94. The SMILES string of the molecule is CSc1cc(N(C)C)ccc1C1OC(=O)c2ccccc21. The van der Waals surface area contributed by atoms with Crippen molar-refractivity contribution in [2.45, 2.75) is 11.0 Å². The highest BCUT2D eigenvalue weighted by Crippen LogP contribution is 2.40. The Morgan fingerprint density at radius 1 is 1.10 bits per heavy atom. The fraction of sp³-hybridized carbons (Fsp3) is 0.235. The fourth-order valence-electron chi connectivity index (χ4n) is 2.57. The van der Waals surface area contributed by atoms with Crippen molar-refractivity contribution in [1.29, 1.82) is 0 Å². The number of carbonyl (C=O) groups excluding carboxylic acids is 1. The Labute approximate surface area is 128 Å². The second-order valence-electron chi connectivity index (χ2n) is 5.19. The average Bonchev–Trinajstić information content (AvgIpc) is 2.84. The Morgan fingerprint density at radius 2 is 1.86 bits per heavy atom. The molecule has 1 aliphatic heterocycles. The number of esters is 1. The van der Waals surface area contributed by atoms with Gasteiger partial charge in [0.2, 0.25) is 0 Å². The largest absolute Gasteiger partial charge is 0.449 e. The smallest absolute Gasteiger partial charge is 0.339 e. The number of thioether (sulfide) groups is 1. The number of cyclic esters (lactones) is 1. The number of fused-ring (bicyclic) bond motifs is 1. The Morgan fingerprint density at radius 3 is 2.57 bits per heavy atom. The number of nitrogens with zero attached hydrogens (tertiary/aromatic N) is 1. The number of benzene rings is 2. The number of rotatable bonds is 3. The third-order valence-electron chi connectivity index (χ3n) is 3.70. The van der Waals surface area contributed by atoms with Crippen molar-refractivity contribution in [1.82, 2.24) is 0 Å². The summed E-state index contributed by atoms with van der Waals surface area (Å²) in [4.78, 5) is 15.2. The van der Waals surface area contributed by atoms with E-state index in [0.29, 0.717) is 5.56 Å². The van der Waals surface area contributed by atoms with Crippen molar-refractivity contribution in [2.24, 2.45) is 0 Å². The lowest BCUT2D eigenvalue weighted by Gasteiger charge is -2.19. The van der Waals surface area contributed by atoms with Crippen LogP contribution in [0.25, 0.3) is 0 Å². The van der Waals surface area contributed by atoms with Crippen LogP contribution in [0.4, 0.5) is 5.69 Å². The van der Waals surface area contributed by atoms with Gasteiger partial charge in [0.15, 0.2) is 6.10 Å². The van der Waals surface area contributed by atoms with Gasteiger partial charge in [-0.1, -0.05) is 24.3 Å². The molecule has 0 N–H and O–H groups in total. The van der Waals surface area contributed by atoms with Crippen LogP contribution < -0.4 is 4.90 Å². The van der Waals surface area contributed by atoms with E-state index in [0.717, 1.165) is 21.7 Å². The average molecular weight is 299 g/mol. The molecule has 4 heteroatoms. The lowest BCUT2D eigenvalue weighted by molar-refractivity contribution is 0.0452. The molecule has 21 heavy (non-hydrogen) atoms. The van der Waals surface area contributed by atoms with Crippen LogP contribution in [-0.4, -0.2) is 26.3 Å². The Bertz CT molecular complexity index is 697. The number of ether oxygens (including phenoxy) is 1. The first-order valence-corrected chi connectivity index (χ1v) is 7.99. The third kappa shape index (κ3) is 2.40. The van der Waals surface area contributed by atoms with Crippen molar-refractivity contribution in [3.63, 3.8) is 0 Å². The van der Waals surface area contributed by atoms with Gasteiger partial charge in [-0.3, -0.25) is 0 Å². The maximum absolute atomic E-state index is 12.0. The molecular weight excluding hydrogens is 282 g/mol. The molecule has 0 fully saturated rings. The molecule has 0 aromatic heterocycles. The van der Waals surface area contributed by atoms with Crippen LogP contribution >= 0.6 is 11.8 Å². The summed E-state index contributed by atoms with van der Waals surface area (Å²) in [6.07, 6.45) is 1.74. The first kappa shape index (κ1) is 14.0. The number of hydrogen-bond donors (Lipinski definition) is 0. The molecule has 1 unspecified atom stereocenters. The Kier molecular flexibility index (Phi) is 3.64. The van der Waals surface area contributed by atoms with Gasteiger partial charge >= 0.3 is 5.97 Å². The van der Waals surface area contributed by atoms with Crippen LogP contribution in [-0.2, 0) is 4.74 Å². The summed E-state index contributed by atoms with van der Waals surface area (Å²) >= 11 is 1.67. The minimum absolute atomic E-state index is 0.237. The molecule has 2 aromatic carbocycles. The number of hydrogen-bond acceptors (Lipinski definition) is 4. The molecule has 3 rings (SSSR count). The fourth-order valence-corrected chi connectivity index (χ4v) is 3.22. The lowest BCUT2D eigenvalue weighted by Crippen LogP contribution is -2.10. The van der Waals surface area contributed by atoms with E-state index in [4.69, 9.17) is 4.74 Å². The molecule has 0 aliphatic carbocycles. The monoisotopic (exact) mass is 299 g/mol. The normalized spacial score (nSPS) is 16.5. The van der Waals surface area contributed by atoms with E-state index < -0.39 is 0 Å². The van der Waals surface area contributed by atoms with E-state index in [2.05, 4.69) is 23.1 Å². The van der Waals surface area contributed by atoms with Crippen molar-refractivity contribution in [3.8, 4) is 0 Å². The zero-order valence-corrected chi connectivity index (χ0v) is 13.1. The van der Waals surface area contributed by atoms with Gasteiger partial charge in [0.05, 0.1) is 5.56 Å². The van der Waals surface area contributed by atoms with Gasteiger partial charge in [0.1, 0.15) is 0 Å². The van der Waals surface area contributed by atoms with Crippen molar-refractivity contribution in [2.75, 3.05) is 25.3 Å². The van der Waals surface area contributed by atoms with E-state index in [9.17, 15) is 4.79 Å². The van der Waals surface area contributed by atoms with Gasteiger partial charge in [0, 0.05) is 35.8 Å². The molecule has 0 saturated heterocycles. The molecule has 0 spiro atoms. The van der Waals surface area contributed by atoms with Crippen molar-refractivity contribution < 1.29 is 9.53 Å². The third-order valence-corrected chi connectivity index (χ3v) is 4.50. The second kappa shape index (κ2) is 5.45. The molecule has 0 saturated carbocycles. The second-order valence-corrected chi connectivity index (χ2v) is 6.04. The van der Waals surface area contributed by atoms with Crippen LogP contribution in [0.2, 0.25) is 0 Å². The first-order chi connectivity index (χ1) is 10.1. The summed E-state index contributed by atoms with van der Waals surface area (Å²) in [5, 5.41) is 0. The van der Waals surface area contributed by atoms with Crippen LogP contribution in [0, 0.1) is 0 Å². The molecule has 1 heterocycles. The predicted molar refractivity (Wildman–Crippen MR) is 86.3 cm³/mol. The molecule has 0 radical (unpaired) electrons. The zero-order chi connectivity index (χ0) is 15.0. The maximum Gasteiger partial charge on any atom is 0.339 e. The Balaban J connectivity index is 2.08. The van der Waals surface area contributed by atoms with Crippen molar-refractivity contribution >= 4 is 23.4 Å². The number of anilines is 1. The maximum atomic E-state index is 12.0. The summed E-state index contributed by atoms with van der Waals surface area (Å²) in [6.45, 7) is 0. The quantitative estimate of drug-likeness (QED) is 0.638. The van der Waals surface area contributed by atoms with Gasteiger partial charge < -0.3 is 9.64 Å². The van der Waals surface area contributed by atoms with E-state index in [1.165, 1.54) is 0 Å². The van der Waals surface area contributed by atoms with E-state index >= 15 is 0 Å². The van der Waals surface area contributed by atoms with Gasteiger partial charge in [-0.25, -0.2) is 4.79 Å². The molecule has 2 aromatic rings. The first-order valence-electron chi connectivity index (χ1n) is 6.77. The highest BCUT2D eigenvalue weighted by atomic mass is 32.2. The summed E-state index contributed by atoms with van der Waals surface area (Å²) in [5.74, 6) is -0.237. The van der Waals surface area contributed by atoms with Gasteiger partial charge in [-0.2, -0.15) is 0 Å². The van der Waals surface area contributed by atoms with Crippen LogP contribution in [0.3, 0.4) is 0 Å². The van der Waals surface area contributed by atoms with E-state index in [1.807, 2.05) is 44.6 Å². The molecule has 1 aliphatic rings. The minimum Gasteiger partial charge on any atom is -0.449 e. The molecule has 108 valence electrons. The van der Waals surface area contributed by atoms with Crippen LogP contribution in [0.1, 0.15) is 27.6 Å². The lowest BCUT2D eigenvalue weighted by atomic mass is 9.99. The van der Waals surface area contributed by atoms with Crippen LogP contribution in [0.15, 0.2) is 47.4 Å². The molecular formula is C17H17NO2S. The highest BCUT2D eigenvalue weighted by Gasteiger charge is 2.33. The highest BCUT2D eigenvalue weighted by molar-refractivity contribution is 7.98. The molecule has 0 bridgehead atoms. The minimum atomic E-state index is -0.299. The summed E-state index contributed by atoms with van der Waals surface area (Å²) in [5.41, 5.74) is 3.81. The summed E-state index contributed by atoms with van der Waals surface area (Å²) < 4.78 is 5.59. The van der Waals surface area contributed by atoms with E-state index in [1.54, 1.807) is 11.8 Å². The summed E-state index contributed by atoms with van der Waals surface area (Å²) in [7, 11) is 4.04. The standard InChI is InChI=1S/C17H17NO2S/c1-18(2)11-8-9-14(15(10-11)21-3)16-12-6-4-5-7-13(12)17(19)20-16/h4-10,16H,1-3H3. The molecule has 1 atom stereocenters. The summed E-state index contributed by atoms with van der Waals surface area (Å²) in [6, 6.07) is 13.9. The predicted octanol–water partition coefficient (Wildman–Crippen LogP) is 3.73. The topological polar surface area (TPSA) is 29.5 Å². The number of carbonyl (C=O) groups is 1. The molecule has 3 nitrogen and oxygen atoms in total. The van der Waals surface area contributed by atoms with Gasteiger partial charge in [-0.05, 0) is 24.5 Å².